The summed E-state index contributed by atoms with van der Waals surface area (Å²) in [4.78, 5) is 16.6. The molecule has 2 rings (SSSR count). The Bertz CT molecular complexity index is 391. The molecule has 100 valence electrons. The fraction of sp³-hybridized carbons (Fsp3) is 0.667. The van der Waals surface area contributed by atoms with Gasteiger partial charge in [-0.2, -0.15) is 0 Å². The number of nitrogens with zero attached hydrogens (tertiary/aromatic N) is 1. The predicted octanol–water partition coefficient (Wildman–Crippen LogP) is 3.89. The summed E-state index contributed by atoms with van der Waals surface area (Å²) in [5, 5.41) is 0. The minimum Gasteiger partial charge on any atom is -0.296 e. The van der Waals surface area contributed by atoms with E-state index in [9.17, 15) is 4.79 Å². The molecule has 18 heavy (non-hydrogen) atoms. The topological polar surface area (TPSA) is 20.3 Å². The monoisotopic (exact) mass is 265 g/mol. The number of hydrogen-bond acceptors (Lipinski definition) is 3. The molecular weight excluding hydrogens is 242 g/mol. The van der Waals surface area contributed by atoms with Gasteiger partial charge in [0.1, 0.15) is 0 Å². The van der Waals surface area contributed by atoms with Crippen molar-refractivity contribution in [2.45, 2.75) is 51.5 Å². The zero-order valence-electron chi connectivity index (χ0n) is 11.4. The molecule has 0 unspecified atom stereocenters. The fourth-order valence-electron chi connectivity index (χ4n) is 2.72. The molecule has 1 aliphatic rings. The lowest BCUT2D eigenvalue weighted by atomic mass is 10.1. The molecule has 0 amide bonds. The largest absolute Gasteiger partial charge is 0.296 e. The van der Waals surface area contributed by atoms with Crippen LogP contribution in [-0.2, 0) is 0 Å². The molecule has 1 aromatic heterocycles. The van der Waals surface area contributed by atoms with Gasteiger partial charge in [0, 0.05) is 10.9 Å². The van der Waals surface area contributed by atoms with Gasteiger partial charge < -0.3 is 0 Å². The first-order chi connectivity index (χ1) is 8.66. The normalized spacial score (nSPS) is 17.9. The number of aryl methyl sites for hydroxylation is 1. The average Bonchev–Trinajstić information content (AvgIpc) is 2.63. The summed E-state index contributed by atoms with van der Waals surface area (Å²) in [7, 11) is 2.11. The van der Waals surface area contributed by atoms with Crippen LogP contribution in [0, 0.1) is 6.92 Å². The maximum atomic E-state index is 12.2. The second-order valence-corrected chi connectivity index (χ2v) is 6.68. The Kier molecular flexibility index (Phi) is 4.95. The molecular formula is C15H23NOS. The van der Waals surface area contributed by atoms with Crippen LogP contribution in [0.3, 0.4) is 0 Å². The first-order valence-electron chi connectivity index (χ1n) is 6.96. The quantitative estimate of drug-likeness (QED) is 0.608. The molecule has 0 aromatic carbocycles. The zero-order valence-corrected chi connectivity index (χ0v) is 12.3. The van der Waals surface area contributed by atoms with Gasteiger partial charge in [0.05, 0.1) is 11.4 Å². The number of Topliss-reactive ketones (excluding diaryl/α,β-unsaturated/α-hetero) is 1. The lowest BCUT2D eigenvalue weighted by molar-refractivity contribution is 0.0916. The molecule has 1 aromatic rings. The van der Waals surface area contributed by atoms with Crippen LogP contribution in [-0.4, -0.2) is 30.3 Å². The van der Waals surface area contributed by atoms with Crippen LogP contribution in [0.2, 0.25) is 0 Å². The van der Waals surface area contributed by atoms with Crippen LogP contribution < -0.4 is 0 Å². The van der Waals surface area contributed by atoms with Gasteiger partial charge >= 0.3 is 0 Å². The summed E-state index contributed by atoms with van der Waals surface area (Å²) in [5.74, 6) is 0.278. The van der Waals surface area contributed by atoms with E-state index in [0.29, 0.717) is 12.6 Å². The van der Waals surface area contributed by atoms with Crippen LogP contribution in [0.25, 0.3) is 0 Å². The predicted molar refractivity (Wildman–Crippen MR) is 77.5 cm³/mol. The van der Waals surface area contributed by atoms with E-state index in [1.165, 1.54) is 43.4 Å². The second kappa shape index (κ2) is 6.48. The molecule has 1 fully saturated rings. The van der Waals surface area contributed by atoms with Gasteiger partial charge in [-0.15, -0.1) is 11.3 Å². The van der Waals surface area contributed by atoms with Crippen LogP contribution in [0.4, 0.5) is 0 Å². The van der Waals surface area contributed by atoms with Crippen molar-refractivity contribution in [1.82, 2.24) is 4.90 Å². The molecule has 0 radical (unpaired) electrons. The summed E-state index contributed by atoms with van der Waals surface area (Å²) < 4.78 is 0. The van der Waals surface area contributed by atoms with Crippen molar-refractivity contribution in [3.63, 3.8) is 0 Å². The molecule has 0 bridgehead atoms. The van der Waals surface area contributed by atoms with Crippen LogP contribution in [0.5, 0.6) is 0 Å². The van der Waals surface area contributed by atoms with Gasteiger partial charge in [0.2, 0.25) is 0 Å². The van der Waals surface area contributed by atoms with Crippen molar-refractivity contribution in [2.75, 3.05) is 13.6 Å². The summed E-state index contributed by atoms with van der Waals surface area (Å²) >= 11 is 1.61. The van der Waals surface area contributed by atoms with E-state index in [2.05, 4.69) is 18.9 Å². The highest BCUT2D eigenvalue weighted by molar-refractivity contribution is 7.14. The van der Waals surface area contributed by atoms with Gasteiger partial charge in [-0.25, -0.2) is 0 Å². The van der Waals surface area contributed by atoms with Crippen molar-refractivity contribution in [3.05, 3.63) is 21.9 Å². The van der Waals surface area contributed by atoms with Gasteiger partial charge in [-0.3, -0.25) is 9.69 Å². The van der Waals surface area contributed by atoms with Gasteiger partial charge in [-0.1, -0.05) is 25.7 Å². The highest BCUT2D eigenvalue weighted by Gasteiger charge is 2.20. The highest BCUT2D eigenvalue weighted by atomic mass is 32.1. The number of carbonyl (C=O) groups is 1. The standard InChI is InChI=1S/C15H23NOS/c1-12-9-10-15(18-12)14(17)11-16(2)13-7-5-3-4-6-8-13/h9-10,13H,3-8,11H2,1-2H3. The molecule has 2 nitrogen and oxygen atoms in total. The van der Waals surface area contributed by atoms with Gasteiger partial charge in [-0.05, 0) is 38.9 Å². The second-order valence-electron chi connectivity index (χ2n) is 5.39. The van der Waals surface area contributed by atoms with E-state index in [0.717, 1.165) is 4.88 Å². The molecule has 0 saturated heterocycles. The summed E-state index contributed by atoms with van der Waals surface area (Å²) in [6.07, 6.45) is 7.88. The molecule has 1 heterocycles. The molecule has 1 saturated carbocycles. The van der Waals surface area contributed by atoms with Crippen molar-refractivity contribution in [1.29, 1.82) is 0 Å². The Balaban J connectivity index is 1.89. The van der Waals surface area contributed by atoms with Gasteiger partial charge in [0.25, 0.3) is 0 Å². The molecule has 0 atom stereocenters. The van der Waals surface area contributed by atoms with Crippen molar-refractivity contribution < 1.29 is 4.79 Å². The number of likely N-dealkylation sites (N-methyl/N-ethyl adjacent to an activating group) is 1. The maximum Gasteiger partial charge on any atom is 0.186 e. The molecule has 0 aliphatic heterocycles. The minimum absolute atomic E-state index is 0.278. The molecule has 0 N–H and O–H groups in total. The fourth-order valence-corrected chi connectivity index (χ4v) is 3.51. The Hall–Kier alpha value is -0.670. The Labute approximate surface area is 114 Å². The summed E-state index contributed by atoms with van der Waals surface area (Å²) in [6, 6.07) is 4.60. The van der Waals surface area contributed by atoms with E-state index >= 15 is 0 Å². The number of ketones is 1. The Morgan fingerprint density at radius 1 is 1.28 bits per heavy atom. The molecule has 3 heteroatoms. The van der Waals surface area contributed by atoms with E-state index in [1.54, 1.807) is 11.3 Å². The third kappa shape index (κ3) is 3.66. The summed E-state index contributed by atoms with van der Waals surface area (Å²) in [6.45, 7) is 2.63. The number of thiophene rings is 1. The third-order valence-corrected chi connectivity index (χ3v) is 4.90. The number of carbonyl (C=O) groups excluding carboxylic acids is 1. The van der Waals surface area contributed by atoms with Crippen molar-refractivity contribution in [2.24, 2.45) is 0 Å². The first kappa shape index (κ1) is 13.8. The zero-order chi connectivity index (χ0) is 13.0. The molecule has 0 spiro atoms. The lowest BCUT2D eigenvalue weighted by Crippen LogP contribution is -2.35. The van der Waals surface area contributed by atoms with E-state index in [4.69, 9.17) is 0 Å². The Morgan fingerprint density at radius 3 is 2.50 bits per heavy atom. The lowest BCUT2D eigenvalue weighted by Gasteiger charge is -2.26. The first-order valence-corrected chi connectivity index (χ1v) is 7.78. The van der Waals surface area contributed by atoms with Crippen molar-refractivity contribution in [3.8, 4) is 0 Å². The Morgan fingerprint density at radius 2 is 1.94 bits per heavy atom. The minimum atomic E-state index is 0.278. The highest BCUT2D eigenvalue weighted by Crippen LogP contribution is 2.22. The SMILES string of the molecule is Cc1ccc(C(=O)CN(C)C2CCCCCC2)s1. The number of rotatable bonds is 4. The van der Waals surface area contributed by atoms with E-state index in [1.807, 2.05) is 12.1 Å². The number of hydrogen-bond donors (Lipinski definition) is 0. The summed E-state index contributed by atoms with van der Waals surface area (Å²) in [5.41, 5.74) is 0. The smallest absolute Gasteiger partial charge is 0.186 e. The average molecular weight is 265 g/mol. The van der Waals surface area contributed by atoms with Crippen LogP contribution >= 0.6 is 11.3 Å². The van der Waals surface area contributed by atoms with Gasteiger partial charge in [0.15, 0.2) is 5.78 Å². The molecule has 1 aliphatic carbocycles. The van der Waals surface area contributed by atoms with E-state index < -0.39 is 0 Å². The van der Waals surface area contributed by atoms with Crippen LogP contribution in [0.1, 0.15) is 53.1 Å². The van der Waals surface area contributed by atoms with E-state index in [-0.39, 0.29) is 5.78 Å². The third-order valence-electron chi connectivity index (χ3n) is 3.86. The van der Waals surface area contributed by atoms with Crippen molar-refractivity contribution >= 4 is 17.1 Å². The maximum absolute atomic E-state index is 12.2. The van der Waals surface area contributed by atoms with Crippen LogP contribution in [0.15, 0.2) is 12.1 Å².